The van der Waals surface area contributed by atoms with Gasteiger partial charge in [-0.05, 0) is 24.6 Å². The maximum absolute atomic E-state index is 12.3. The van der Waals surface area contributed by atoms with Crippen LogP contribution in [0.3, 0.4) is 0 Å². The first kappa shape index (κ1) is 23.6. The van der Waals surface area contributed by atoms with Crippen LogP contribution in [0.1, 0.15) is 35.9 Å². The molecule has 0 aliphatic carbocycles. The maximum atomic E-state index is 12.3. The zero-order valence-corrected chi connectivity index (χ0v) is 18.9. The molecule has 0 aliphatic heterocycles. The van der Waals surface area contributed by atoms with Crippen LogP contribution in [-0.2, 0) is 29.7 Å². The second kappa shape index (κ2) is 10.0. The molecule has 10 nitrogen and oxygen atoms in total. The zero-order valence-electron chi connectivity index (χ0n) is 17.4. The Morgan fingerprint density at radius 1 is 1.25 bits per heavy atom. The minimum atomic E-state index is -0.715. The summed E-state index contributed by atoms with van der Waals surface area (Å²) < 4.78 is 8.03. The van der Waals surface area contributed by atoms with Crippen LogP contribution in [0.15, 0.2) is 27.8 Å². The predicted molar refractivity (Wildman–Crippen MR) is 119 cm³/mol. The molecule has 0 atom stereocenters. The molecule has 0 saturated heterocycles. The van der Waals surface area contributed by atoms with Crippen LogP contribution < -0.4 is 16.6 Å². The van der Waals surface area contributed by atoms with Crippen LogP contribution in [0.4, 0.5) is 0 Å². The van der Waals surface area contributed by atoms with Crippen molar-refractivity contribution in [1.82, 2.24) is 24.4 Å². The average molecular weight is 482 g/mol. The van der Waals surface area contributed by atoms with Crippen LogP contribution >= 0.6 is 23.2 Å². The number of aryl methyl sites for hydroxylation is 2. The Labute approximate surface area is 192 Å². The van der Waals surface area contributed by atoms with Gasteiger partial charge < -0.3 is 14.6 Å². The van der Waals surface area contributed by atoms with Gasteiger partial charge >= 0.3 is 11.7 Å². The van der Waals surface area contributed by atoms with E-state index in [0.29, 0.717) is 11.6 Å². The Kier molecular flexibility index (Phi) is 7.37. The molecule has 3 aromatic rings. The lowest BCUT2D eigenvalue weighted by Gasteiger charge is -2.08. The number of imidazole rings is 1. The number of unbranched alkanes of at least 4 members (excludes halogenated alkanes) is 1. The van der Waals surface area contributed by atoms with Crippen LogP contribution in [0.2, 0.25) is 10.0 Å². The smallest absolute Gasteiger partial charge is 0.330 e. The standard InChI is InChI=1S/C20H21Cl2N5O5/c1-3-4-7-27-17-16(19(30)25-20(27)31)26(2)14(24-17)10-32-15(28)9-23-18(29)12-6-5-11(21)8-13(12)22/h5-6,8H,3-4,7,9-10H2,1-2H3,(H,23,29)(H,25,30,31). The number of halogens is 2. The van der Waals surface area contributed by atoms with Gasteiger partial charge in [0.2, 0.25) is 0 Å². The quantitative estimate of drug-likeness (QED) is 0.473. The topological polar surface area (TPSA) is 128 Å². The van der Waals surface area contributed by atoms with E-state index in [0.717, 1.165) is 12.8 Å². The van der Waals surface area contributed by atoms with Gasteiger partial charge in [0.05, 0.1) is 10.6 Å². The van der Waals surface area contributed by atoms with Crippen molar-refractivity contribution < 1.29 is 14.3 Å². The number of ether oxygens (including phenoxy) is 1. The van der Waals surface area contributed by atoms with Crippen molar-refractivity contribution in [3.63, 3.8) is 0 Å². The Hall–Kier alpha value is -3.11. The highest BCUT2D eigenvalue weighted by molar-refractivity contribution is 6.36. The predicted octanol–water partition coefficient (Wildman–Crippen LogP) is 2.00. The molecule has 0 bridgehead atoms. The number of hydrogen-bond acceptors (Lipinski definition) is 6. The van der Waals surface area contributed by atoms with Gasteiger partial charge in [-0.1, -0.05) is 36.5 Å². The van der Waals surface area contributed by atoms with E-state index >= 15 is 0 Å². The number of esters is 1. The summed E-state index contributed by atoms with van der Waals surface area (Å²) >= 11 is 11.8. The summed E-state index contributed by atoms with van der Waals surface area (Å²) in [6.45, 7) is 1.74. The highest BCUT2D eigenvalue weighted by Gasteiger charge is 2.18. The molecular formula is C20H21Cl2N5O5. The molecule has 0 aliphatic rings. The maximum Gasteiger partial charge on any atom is 0.330 e. The van der Waals surface area contributed by atoms with Crippen molar-refractivity contribution in [3.05, 3.63) is 60.5 Å². The summed E-state index contributed by atoms with van der Waals surface area (Å²) in [7, 11) is 1.59. The number of aromatic nitrogens is 4. The normalized spacial score (nSPS) is 11.0. The second-order valence-corrected chi connectivity index (χ2v) is 7.83. The summed E-state index contributed by atoms with van der Waals surface area (Å²) in [6, 6.07) is 4.37. The Morgan fingerprint density at radius 2 is 2.00 bits per heavy atom. The van der Waals surface area contributed by atoms with Crippen molar-refractivity contribution in [2.45, 2.75) is 32.9 Å². The molecule has 2 heterocycles. The van der Waals surface area contributed by atoms with Crippen LogP contribution in [0, 0.1) is 0 Å². The number of nitrogens with one attached hydrogen (secondary N) is 2. The van der Waals surface area contributed by atoms with Gasteiger partial charge in [0, 0.05) is 18.6 Å². The van der Waals surface area contributed by atoms with Crippen molar-refractivity contribution in [3.8, 4) is 0 Å². The second-order valence-electron chi connectivity index (χ2n) is 6.99. The minimum Gasteiger partial charge on any atom is -0.456 e. The number of fused-ring (bicyclic) bond motifs is 1. The molecule has 3 rings (SSSR count). The third kappa shape index (κ3) is 5.03. The molecule has 2 aromatic heterocycles. The van der Waals surface area contributed by atoms with E-state index in [1.165, 1.54) is 27.3 Å². The fraction of sp³-hybridized carbons (Fsp3) is 0.350. The van der Waals surface area contributed by atoms with Gasteiger partial charge in [0.15, 0.2) is 11.2 Å². The van der Waals surface area contributed by atoms with Gasteiger partial charge in [-0.25, -0.2) is 9.78 Å². The minimum absolute atomic E-state index is 0.155. The lowest BCUT2D eigenvalue weighted by Crippen LogP contribution is -2.31. The van der Waals surface area contributed by atoms with Crippen molar-refractivity contribution in [1.29, 1.82) is 0 Å². The van der Waals surface area contributed by atoms with Gasteiger partial charge in [-0.3, -0.25) is 23.9 Å². The largest absolute Gasteiger partial charge is 0.456 e. The van der Waals surface area contributed by atoms with Gasteiger partial charge in [0.25, 0.3) is 11.5 Å². The van der Waals surface area contributed by atoms with E-state index in [9.17, 15) is 19.2 Å². The van der Waals surface area contributed by atoms with E-state index in [4.69, 9.17) is 27.9 Å². The summed E-state index contributed by atoms with van der Waals surface area (Å²) in [5, 5.41) is 2.95. The van der Waals surface area contributed by atoms with Crippen LogP contribution in [0.25, 0.3) is 11.2 Å². The molecule has 0 fully saturated rings. The van der Waals surface area contributed by atoms with Crippen molar-refractivity contribution >= 4 is 46.2 Å². The van der Waals surface area contributed by atoms with Gasteiger partial charge in [-0.15, -0.1) is 0 Å². The Balaban J connectivity index is 1.69. The number of H-pyrrole nitrogens is 1. The molecule has 32 heavy (non-hydrogen) atoms. The lowest BCUT2D eigenvalue weighted by molar-refractivity contribution is -0.143. The van der Waals surface area contributed by atoms with Crippen LogP contribution in [0.5, 0.6) is 0 Å². The zero-order chi connectivity index (χ0) is 23.4. The number of aromatic amines is 1. The van der Waals surface area contributed by atoms with E-state index in [1.807, 2.05) is 6.92 Å². The van der Waals surface area contributed by atoms with Gasteiger partial charge in [0.1, 0.15) is 19.0 Å². The number of amides is 1. The number of rotatable bonds is 8. The first-order valence-corrected chi connectivity index (χ1v) is 10.6. The molecule has 2 N–H and O–H groups in total. The molecule has 0 radical (unpaired) electrons. The Morgan fingerprint density at radius 3 is 2.69 bits per heavy atom. The molecule has 0 unspecified atom stereocenters. The average Bonchev–Trinajstić information content (AvgIpc) is 3.07. The van der Waals surface area contributed by atoms with Gasteiger partial charge in [-0.2, -0.15) is 0 Å². The number of nitrogens with zero attached hydrogens (tertiary/aromatic N) is 3. The molecular weight excluding hydrogens is 461 g/mol. The SMILES string of the molecule is CCCCn1c(=O)[nH]c(=O)c2c1nc(COC(=O)CNC(=O)c1ccc(Cl)cc1Cl)n2C. The first-order chi connectivity index (χ1) is 15.2. The highest BCUT2D eigenvalue weighted by Crippen LogP contribution is 2.20. The number of benzene rings is 1. The van der Waals surface area contributed by atoms with E-state index < -0.39 is 29.7 Å². The fourth-order valence-electron chi connectivity index (χ4n) is 3.06. The van der Waals surface area contributed by atoms with E-state index in [2.05, 4.69) is 15.3 Å². The third-order valence-corrected chi connectivity index (χ3v) is 5.32. The number of carbonyl (C=O) groups excluding carboxylic acids is 2. The number of hydrogen-bond donors (Lipinski definition) is 2. The third-order valence-electron chi connectivity index (χ3n) is 4.77. The van der Waals surface area contributed by atoms with Crippen molar-refractivity contribution in [2.24, 2.45) is 7.05 Å². The molecule has 1 amide bonds. The molecule has 12 heteroatoms. The Bertz CT molecular complexity index is 1290. The molecule has 1 aromatic carbocycles. The molecule has 170 valence electrons. The van der Waals surface area contributed by atoms with E-state index in [-0.39, 0.29) is 34.2 Å². The number of carbonyl (C=O) groups is 2. The summed E-state index contributed by atoms with van der Waals surface area (Å²) in [5.41, 5.74) is -0.508. The summed E-state index contributed by atoms with van der Waals surface area (Å²) in [5.74, 6) is -0.993. The van der Waals surface area contributed by atoms with E-state index in [1.54, 1.807) is 7.05 Å². The van der Waals surface area contributed by atoms with Crippen molar-refractivity contribution in [2.75, 3.05) is 6.54 Å². The first-order valence-electron chi connectivity index (χ1n) is 9.80. The molecule has 0 spiro atoms. The summed E-state index contributed by atoms with van der Waals surface area (Å²) in [4.78, 5) is 55.3. The monoisotopic (exact) mass is 481 g/mol. The molecule has 0 saturated carbocycles. The lowest BCUT2D eigenvalue weighted by atomic mass is 10.2. The fourth-order valence-corrected chi connectivity index (χ4v) is 3.56. The highest BCUT2D eigenvalue weighted by atomic mass is 35.5. The summed E-state index contributed by atoms with van der Waals surface area (Å²) in [6.07, 6.45) is 1.59. The van der Waals surface area contributed by atoms with Crippen LogP contribution in [-0.4, -0.2) is 37.5 Å².